The molecule has 0 fully saturated rings. The highest BCUT2D eigenvalue weighted by atomic mass is 32.1. The van der Waals surface area contributed by atoms with Crippen molar-refractivity contribution >= 4 is 23.5 Å². The van der Waals surface area contributed by atoms with Gasteiger partial charge in [-0.2, -0.15) is 5.10 Å². The molecule has 1 N–H and O–H groups in total. The molecule has 0 saturated carbocycles. The number of nitrogens with one attached hydrogen (secondary N) is 1. The van der Waals surface area contributed by atoms with E-state index in [1.54, 1.807) is 51.0 Å². The summed E-state index contributed by atoms with van der Waals surface area (Å²) in [6.45, 7) is 0. The molecule has 0 aliphatic rings. The number of hydrazone groups is 1. The van der Waals surface area contributed by atoms with Crippen molar-refractivity contribution in [3.63, 3.8) is 0 Å². The largest absolute Gasteiger partial charge is 0.493 e. The summed E-state index contributed by atoms with van der Waals surface area (Å²) < 4.78 is 15.9. The molecule has 2 rings (SSSR count). The molecule has 0 aliphatic heterocycles. The van der Waals surface area contributed by atoms with Crippen LogP contribution in [0.5, 0.6) is 17.2 Å². The van der Waals surface area contributed by atoms with Crippen molar-refractivity contribution in [3.8, 4) is 17.2 Å². The highest BCUT2D eigenvalue weighted by Gasteiger charge is 2.12. The van der Waals surface area contributed by atoms with E-state index in [9.17, 15) is 4.79 Å². The van der Waals surface area contributed by atoms with Crippen molar-refractivity contribution in [3.05, 3.63) is 40.1 Å². The van der Waals surface area contributed by atoms with Crippen molar-refractivity contribution in [2.45, 2.75) is 25.7 Å². The second-order valence-electron chi connectivity index (χ2n) is 5.54. The van der Waals surface area contributed by atoms with Gasteiger partial charge in [0.15, 0.2) is 11.5 Å². The van der Waals surface area contributed by atoms with E-state index < -0.39 is 0 Å². The fraction of sp³-hybridized carbons (Fsp3) is 0.368. The van der Waals surface area contributed by atoms with Gasteiger partial charge in [0.25, 0.3) is 0 Å². The van der Waals surface area contributed by atoms with Crippen LogP contribution in [0.2, 0.25) is 0 Å². The molecule has 0 bridgehead atoms. The highest BCUT2D eigenvalue weighted by Crippen LogP contribution is 2.37. The van der Waals surface area contributed by atoms with E-state index >= 15 is 0 Å². The van der Waals surface area contributed by atoms with Gasteiger partial charge in [-0.15, -0.1) is 11.3 Å². The summed E-state index contributed by atoms with van der Waals surface area (Å²) in [5.41, 5.74) is 3.28. The number of unbranched alkanes of at least 4 members (excludes halogenated alkanes) is 1. The van der Waals surface area contributed by atoms with Crippen molar-refractivity contribution in [2.75, 3.05) is 21.3 Å². The summed E-state index contributed by atoms with van der Waals surface area (Å²) in [6, 6.07) is 7.69. The molecule has 1 aromatic carbocycles. The van der Waals surface area contributed by atoms with Crippen LogP contribution in [0.4, 0.5) is 0 Å². The first-order valence-corrected chi connectivity index (χ1v) is 9.20. The van der Waals surface area contributed by atoms with Crippen LogP contribution in [-0.4, -0.2) is 33.5 Å². The van der Waals surface area contributed by atoms with Gasteiger partial charge in [0.2, 0.25) is 11.7 Å². The number of carbonyl (C=O) groups is 1. The number of benzene rings is 1. The third-order valence-corrected chi connectivity index (χ3v) is 4.68. The Bertz CT molecular complexity index is 704. The summed E-state index contributed by atoms with van der Waals surface area (Å²) in [5.74, 6) is 1.49. The minimum atomic E-state index is -0.0973. The average molecular weight is 376 g/mol. The molecule has 1 heterocycles. The van der Waals surface area contributed by atoms with Gasteiger partial charge in [0, 0.05) is 16.9 Å². The molecular weight excluding hydrogens is 352 g/mol. The number of hydrogen-bond donors (Lipinski definition) is 1. The second-order valence-corrected chi connectivity index (χ2v) is 6.57. The Hall–Kier alpha value is -2.54. The topological polar surface area (TPSA) is 69.2 Å². The van der Waals surface area contributed by atoms with Crippen LogP contribution < -0.4 is 19.6 Å². The lowest BCUT2D eigenvalue weighted by molar-refractivity contribution is -0.121. The quantitative estimate of drug-likeness (QED) is 0.390. The zero-order valence-corrected chi connectivity index (χ0v) is 16.1. The Balaban J connectivity index is 1.82. The van der Waals surface area contributed by atoms with Crippen molar-refractivity contribution in [1.29, 1.82) is 0 Å². The van der Waals surface area contributed by atoms with Crippen molar-refractivity contribution in [1.82, 2.24) is 5.43 Å². The zero-order valence-electron chi connectivity index (χ0n) is 15.3. The standard InChI is InChI=1S/C19H24N2O4S/c1-23-16-11-14(12-17(24-2)19(16)25-3)13-20-21-18(22)9-5-4-7-15-8-6-10-26-15/h6,8,10-13H,4-5,7,9H2,1-3H3,(H,21,22)/b20-13-. The minimum Gasteiger partial charge on any atom is -0.493 e. The lowest BCUT2D eigenvalue weighted by atomic mass is 10.1. The monoisotopic (exact) mass is 376 g/mol. The van der Waals surface area contributed by atoms with E-state index in [2.05, 4.69) is 22.0 Å². The van der Waals surface area contributed by atoms with Crippen LogP contribution >= 0.6 is 11.3 Å². The summed E-state index contributed by atoms with van der Waals surface area (Å²) in [6.07, 6.45) is 4.85. The van der Waals surface area contributed by atoms with Crippen LogP contribution in [0.15, 0.2) is 34.7 Å². The van der Waals surface area contributed by atoms with Crippen LogP contribution in [0.25, 0.3) is 0 Å². The maximum absolute atomic E-state index is 11.8. The molecule has 26 heavy (non-hydrogen) atoms. The van der Waals surface area contributed by atoms with Crippen molar-refractivity contribution in [2.24, 2.45) is 5.10 Å². The number of thiophene rings is 1. The molecule has 1 aromatic heterocycles. The lowest BCUT2D eigenvalue weighted by Gasteiger charge is -2.12. The SMILES string of the molecule is COc1cc(/C=N\NC(=O)CCCCc2cccs2)cc(OC)c1OC. The number of hydrogen-bond acceptors (Lipinski definition) is 6. The number of carbonyl (C=O) groups excluding carboxylic acids is 1. The molecule has 0 unspecified atom stereocenters. The average Bonchev–Trinajstić information content (AvgIpc) is 3.17. The van der Waals surface area contributed by atoms with Gasteiger partial charge in [0.1, 0.15) is 0 Å². The fourth-order valence-electron chi connectivity index (χ4n) is 2.45. The molecule has 7 heteroatoms. The molecule has 140 valence electrons. The van der Waals surface area contributed by atoms with Gasteiger partial charge in [-0.1, -0.05) is 6.07 Å². The van der Waals surface area contributed by atoms with Crippen LogP contribution in [0, 0.1) is 0 Å². The van der Waals surface area contributed by atoms with Gasteiger partial charge >= 0.3 is 0 Å². The summed E-state index contributed by atoms with van der Waals surface area (Å²) in [4.78, 5) is 13.2. The minimum absolute atomic E-state index is 0.0973. The van der Waals surface area contributed by atoms with Crippen LogP contribution in [0.1, 0.15) is 29.7 Å². The number of ether oxygens (including phenoxy) is 3. The van der Waals surface area contributed by atoms with Gasteiger partial charge in [-0.3, -0.25) is 4.79 Å². The van der Waals surface area contributed by atoms with Gasteiger partial charge in [0.05, 0.1) is 27.5 Å². The smallest absolute Gasteiger partial charge is 0.240 e. The van der Waals surface area contributed by atoms with E-state index in [-0.39, 0.29) is 5.91 Å². The molecule has 0 saturated heterocycles. The third kappa shape index (κ3) is 5.77. The molecule has 0 atom stereocenters. The maximum atomic E-state index is 11.8. The van der Waals surface area contributed by atoms with E-state index in [4.69, 9.17) is 14.2 Å². The van der Waals surface area contributed by atoms with Crippen molar-refractivity contribution < 1.29 is 19.0 Å². The number of rotatable bonds is 10. The van der Waals surface area contributed by atoms with Gasteiger partial charge < -0.3 is 14.2 Å². The Labute approximate surface area is 157 Å². The zero-order chi connectivity index (χ0) is 18.8. The number of methoxy groups -OCH3 is 3. The van der Waals surface area contributed by atoms with E-state index in [0.717, 1.165) is 24.8 Å². The van der Waals surface area contributed by atoms with Crippen LogP contribution in [0.3, 0.4) is 0 Å². The molecule has 0 spiro atoms. The number of nitrogens with zero attached hydrogens (tertiary/aromatic N) is 1. The van der Waals surface area contributed by atoms with E-state index in [1.807, 2.05) is 6.07 Å². The fourth-order valence-corrected chi connectivity index (χ4v) is 3.20. The van der Waals surface area contributed by atoms with E-state index in [1.165, 1.54) is 4.88 Å². The Morgan fingerprint density at radius 3 is 2.46 bits per heavy atom. The molecule has 2 aromatic rings. The highest BCUT2D eigenvalue weighted by molar-refractivity contribution is 7.09. The number of aryl methyl sites for hydroxylation is 1. The first-order chi connectivity index (χ1) is 12.7. The van der Waals surface area contributed by atoms with Crippen LogP contribution in [-0.2, 0) is 11.2 Å². The molecule has 0 radical (unpaired) electrons. The first kappa shape index (κ1) is 19.8. The maximum Gasteiger partial charge on any atom is 0.240 e. The predicted octanol–water partition coefficient (Wildman–Crippen LogP) is 3.64. The molecule has 6 nitrogen and oxygen atoms in total. The van der Waals surface area contributed by atoms with Gasteiger partial charge in [-0.05, 0) is 42.8 Å². The summed E-state index contributed by atoms with van der Waals surface area (Å²) in [5, 5.41) is 6.07. The lowest BCUT2D eigenvalue weighted by Crippen LogP contribution is -2.17. The Morgan fingerprint density at radius 1 is 1.15 bits per heavy atom. The molecular formula is C19H24N2O4S. The first-order valence-electron chi connectivity index (χ1n) is 8.32. The van der Waals surface area contributed by atoms with E-state index in [0.29, 0.717) is 23.7 Å². The van der Waals surface area contributed by atoms with Gasteiger partial charge in [-0.25, -0.2) is 5.43 Å². The predicted molar refractivity (Wildman–Crippen MR) is 104 cm³/mol. The Morgan fingerprint density at radius 2 is 1.88 bits per heavy atom. The summed E-state index contributed by atoms with van der Waals surface area (Å²) >= 11 is 1.75. The summed E-state index contributed by atoms with van der Waals surface area (Å²) in [7, 11) is 4.65. The molecule has 1 amide bonds. The Kier molecular flexibility index (Phi) is 7.95. The third-order valence-electron chi connectivity index (χ3n) is 3.75. The normalized spacial score (nSPS) is 10.7. The second kappa shape index (κ2) is 10.5. The number of amides is 1. The molecule has 0 aliphatic carbocycles.